The molecule has 0 aliphatic carbocycles. The first-order valence-corrected chi connectivity index (χ1v) is 37.1. The molecule has 0 aromatic heterocycles. The second-order valence-electron chi connectivity index (χ2n) is 25.2. The standard InChI is InChI=1S/C77H142O6/c1-4-7-10-13-16-19-22-25-28-30-32-34-36-37-38-39-41-42-44-46-49-52-55-58-61-64-67-70-76(79)82-73-74(72-81-75(78)69-66-63-60-57-54-51-48-27-24-21-18-15-12-9-6-3)83-77(80)71-68-65-62-59-56-53-50-47-45-43-40-35-33-31-29-26-23-20-17-14-11-8-5-2/h18,21-22,25,27,30,32,48,74H,4-17,19-20,23-24,26,28-29,31,33-47,49-73H2,1-3H3/b21-18-,25-22-,32-30-,48-27-. The van der Waals surface area contributed by atoms with Crippen LogP contribution in [0.25, 0.3) is 0 Å². The van der Waals surface area contributed by atoms with Crippen LogP contribution in [0.15, 0.2) is 48.6 Å². The van der Waals surface area contributed by atoms with Crippen LogP contribution in [0, 0.1) is 0 Å². The molecule has 0 saturated carbocycles. The largest absolute Gasteiger partial charge is 0.462 e. The van der Waals surface area contributed by atoms with Gasteiger partial charge in [0, 0.05) is 19.3 Å². The average Bonchev–Trinajstić information content (AvgIpc) is 3.49. The van der Waals surface area contributed by atoms with Crippen molar-refractivity contribution in [2.75, 3.05) is 13.2 Å². The van der Waals surface area contributed by atoms with E-state index in [1.807, 2.05) is 0 Å². The molecule has 0 aromatic rings. The van der Waals surface area contributed by atoms with Gasteiger partial charge in [-0.3, -0.25) is 14.4 Å². The predicted octanol–water partition coefficient (Wildman–Crippen LogP) is 25.7. The minimum Gasteiger partial charge on any atom is -0.462 e. The Morgan fingerprint density at radius 1 is 0.241 bits per heavy atom. The van der Waals surface area contributed by atoms with E-state index in [0.29, 0.717) is 19.3 Å². The van der Waals surface area contributed by atoms with Crippen LogP contribution in [0.4, 0.5) is 0 Å². The van der Waals surface area contributed by atoms with Gasteiger partial charge in [0.2, 0.25) is 0 Å². The van der Waals surface area contributed by atoms with E-state index in [4.69, 9.17) is 14.2 Å². The number of hydrogen-bond donors (Lipinski definition) is 0. The highest BCUT2D eigenvalue weighted by atomic mass is 16.6. The van der Waals surface area contributed by atoms with Crippen LogP contribution < -0.4 is 0 Å². The van der Waals surface area contributed by atoms with Gasteiger partial charge in [-0.25, -0.2) is 0 Å². The van der Waals surface area contributed by atoms with Crippen LogP contribution in [-0.4, -0.2) is 37.2 Å². The highest BCUT2D eigenvalue weighted by Crippen LogP contribution is 2.19. The van der Waals surface area contributed by atoms with E-state index in [1.54, 1.807) is 0 Å². The summed E-state index contributed by atoms with van der Waals surface area (Å²) in [4.78, 5) is 38.5. The molecule has 0 fully saturated rings. The highest BCUT2D eigenvalue weighted by Gasteiger charge is 2.19. The smallest absolute Gasteiger partial charge is 0.306 e. The van der Waals surface area contributed by atoms with E-state index in [0.717, 1.165) is 83.5 Å². The molecule has 1 atom stereocenters. The lowest BCUT2D eigenvalue weighted by Crippen LogP contribution is -2.30. The summed E-state index contributed by atoms with van der Waals surface area (Å²) in [5.74, 6) is -0.857. The van der Waals surface area contributed by atoms with Gasteiger partial charge in [0.25, 0.3) is 0 Å². The van der Waals surface area contributed by atoms with Crippen molar-refractivity contribution in [3.63, 3.8) is 0 Å². The summed E-state index contributed by atoms with van der Waals surface area (Å²) in [6, 6.07) is 0. The Labute approximate surface area is 518 Å². The maximum atomic E-state index is 13.0. The predicted molar refractivity (Wildman–Crippen MR) is 362 cm³/mol. The summed E-state index contributed by atoms with van der Waals surface area (Å²) >= 11 is 0. The molecule has 486 valence electrons. The number of esters is 3. The zero-order valence-corrected chi connectivity index (χ0v) is 56.0. The number of carbonyl (C=O) groups excluding carboxylic acids is 3. The lowest BCUT2D eigenvalue weighted by atomic mass is 10.0. The Morgan fingerprint density at radius 3 is 0.687 bits per heavy atom. The maximum Gasteiger partial charge on any atom is 0.306 e. The van der Waals surface area contributed by atoms with Crippen molar-refractivity contribution in [2.24, 2.45) is 0 Å². The van der Waals surface area contributed by atoms with E-state index < -0.39 is 6.10 Å². The molecule has 6 nitrogen and oxygen atoms in total. The third kappa shape index (κ3) is 70.0. The van der Waals surface area contributed by atoms with Gasteiger partial charge in [0.1, 0.15) is 13.2 Å². The molecule has 0 aromatic carbocycles. The Bertz CT molecular complexity index is 1430. The van der Waals surface area contributed by atoms with Crippen molar-refractivity contribution in [2.45, 2.75) is 412 Å². The van der Waals surface area contributed by atoms with Gasteiger partial charge < -0.3 is 14.2 Å². The van der Waals surface area contributed by atoms with Gasteiger partial charge in [-0.2, -0.15) is 0 Å². The first kappa shape index (κ1) is 80.4. The summed E-state index contributed by atoms with van der Waals surface area (Å²) in [5, 5.41) is 0. The molecule has 0 saturated heterocycles. The molecule has 0 bridgehead atoms. The number of rotatable bonds is 69. The van der Waals surface area contributed by atoms with Crippen LogP contribution in [0.1, 0.15) is 406 Å². The molecule has 0 heterocycles. The van der Waals surface area contributed by atoms with Crippen molar-refractivity contribution < 1.29 is 28.6 Å². The van der Waals surface area contributed by atoms with Gasteiger partial charge >= 0.3 is 17.9 Å². The van der Waals surface area contributed by atoms with E-state index in [2.05, 4.69) is 69.4 Å². The Kier molecular flexibility index (Phi) is 69.6. The zero-order valence-electron chi connectivity index (χ0n) is 56.0. The van der Waals surface area contributed by atoms with Crippen molar-refractivity contribution in [1.82, 2.24) is 0 Å². The lowest BCUT2D eigenvalue weighted by Gasteiger charge is -2.18. The molecule has 1 unspecified atom stereocenters. The number of carbonyl (C=O) groups is 3. The monoisotopic (exact) mass is 1160 g/mol. The van der Waals surface area contributed by atoms with Gasteiger partial charge in [0.15, 0.2) is 6.10 Å². The van der Waals surface area contributed by atoms with Crippen molar-refractivity contribution in [1.29, 1.82) is 0 Å². The molecule has 0 spiro atoms. The molecular formula is C77H142O6. The lowest BCUT2D eigenvalue weighted by molar-refractivity contribution is -0.167. The van der Waals surface area contributed by atoms with Gasteiger partial charge in [0.05, 0.1) is 0 Å². The van der Waals surface area contributed by atoms with E-state index in [9.17, 15) is 14.4 Å². The highest BCUT2D eigenvalue weighted by molar-refractivity contribution is 5.71. The van der Waals surface area contributed by atoms with E-state index >= 15 is 0 Å². The maximum absolute atomic E-state index is 13.0. The average molecular weight is 1160 g/mol. The minimum atomic E-state index is -0.778. The number of unbranched alkanes of at least 4 members (excludes halogenated alkanes) is 50. The molecular weight excluding hydrogens is 1020 g/mol. The van der Waals surface area contributed by atoms with Gasteiger partial charge in [-0.05, 0) is 83.5 Å². The van der Waals surface area contributed by atoms with Crippen LogP contribution in [0.3, 0.4) is 0 Å². The minimum absolute atomic E-state index is 0.0728. The van der Waals surface area contributed by atoms with Crippen molar-refractivity contribution >= 4 is 17.9 Å². The topological polar surface area (TPSA) is 78.9 Å². The first-order valence-electron chi connectivity index (χ1n) is 37.1. The fraction of sp³-hybridized carbons (Fsp3) is 0.857. The molecule has 0 rings (SSSR count). The number of ether oxygens (including phenoxy) is 3. The molecule has 0 aliphatic heterocycles. The normalized spacial score (nSPS) is 12.3. The quantitative estimate of drug-likeness (QED) is 0.0261. The van der Waals surface area contributed by atoms with Crippen LogP contribution in [-0.2, 0) is 28.6 Å². The van der Waals surface area contributed by atoms with Crippen LogP contribution in [0.2, 0.25) is 0 Å². The zero-order chi connectivity index (χ0) is 59.9. The summed E-state index contributed by atoms with van der Waals surface area (Å²) in [6.07, 6.45) is 91.5. The molecule has 0 amide bonds. The van der Waals surface area contributed by atoms with E-state index in [1.165, 1.54) is 283 Å². The SMILES string of the molecule is CCCCC/C=C\C/C=C\CCCCCCCC(=O)OCC(COC(=O)CCCCCCCCCCCCCCCCC/C=C\C/C=C\CCCCCCC)OC(=O)CCCCCCCCCCCCCCCCCCCCCCCCC. The molecule has 83 heavy (non-hydrogen) atoms. The second-order valence-corrected chi connectivity index (χ2v) is 25.2. The Morgan fingerprint density at radius 2 is 0.434 bits per heavy atom. The summed E-state index contributed by atoms with van der Waals surface area (Å²) < 4.78 is 17.0. The van der Waals surface area contributed by atoms with E-state index in [-0.39, 0.29) is 31.1 Å². The second kappa shape index (κ2) is 71.8. The molecule has 6 heteroatoms. The first-order chi connectivity index (χ1) is 41.0. The third-order valence-electron chi connectivity index (χ3n) is 16.8. The number of hydrogen-bond acceptors (Lipinski definition) is 6. The summed E-state index contributed by atoms with van der Waals surface area (Å²) in [5.41, 5.74) is 0. The summed E-state index contributed by atoms with van der Waals surface area (Å²) in [7, 11) is 0. The van der Waals surface area contributed by atoms with Crippen molar-refractivity contribution in [3.05, 3.63) is 48.6 Å². The Hall–Kier alpha value is -2.63. The molecule has 0 N–H and O–H groups in total. The number of allylic oxidation sites excluding steroid dienone is 8. The van der Waals surface area contributed by atoms with Crippen molar-refractivity contribution in [3.8, 4) is 0 Å². The third-order valence-corrected chi connectivity index (χ3v) is 16.8. The molecule has 0 aliphatic rings. The Balaban J connectivity index is 4.25. The fourth-order valence-corrected chi connectivity index (χ4v) is 11.2. The van der Waals surface area contributed by atoms with Crippen LogP contribution in [0.5, 0.6) is 0 Å². The molecule has 0 radical (unpaired) electrons. The van der Waals surface area contributed by atoms with Gasteiger partial charge in [-0.15, -0.1) is 0 Å². The van der Waals surface area contributed by atoms with Gasteiger partial charge in [-0.1, -0.05) is 352 Å². The summed E-state index contributed by atoms with van der Waals surface area (Å²) in [6.45, 7) is 6.67. The van der Waals surface area contributed by atoms with Crippen LogP contribution >= 0.6 is 0 Å². The fourth-order valence-electron chi connectivity index (χ4n) is 11.2.